The zero-order valence-corrected chi connectivity index (χ0v) is 16.9. The number of carbonyl (C=O) groups excluding carboxylic acids is 2. The monoisotopic (exact) mass is 396 g/mol. The average molecular weight is 396 g/mol. The fourth-order valence-electron chi connectivity index (χ4n) is 3.53. The summed E-state index contributed by atoms with van der Waals surface area (Å²) in [5.74, 6) is -1.99. The number of amides is 1. The molecule has 0 spiro atoms. The number of hydrogen-bond acceptors (Lipinski definition) is 4. The van der Waals surface area contributed by atoms with E-state index in [1.165, 1.54) is 17.0 Å². The molecule has 0 aromatic heterocycles. The molecule has 1 N–H and O–H groups in total. The summed E-state index contributed by atoms with van der Waals surface area (Å²) < 4.78 is 13.5. The van der Waals surface area contributed by atoms with E-state index >= 15 is 0 Å². The third-order valence-electron chi connectivity index (χ3n) is 5.06. The maximum absolute atomic E-state index is 13.5. The van der Waals surface area contributed by atoms with Gasteiger partial charge in [0.05, 0.1) is 11.6 Å². The minimum atomic E-state index is -0.751. The Hall–Kier alpha value is -2.99. The van der Waals surface area contributed by atoms with E-state index in [4.69, 9.17) is 0 Å². The summed E-state index contributed by atoms with van der Waals surface area (Å²) in [6, 6.07) is 12.0. The molecular weight excluding hydrogens is 371 g/mol. The van der Waals surface area contributed by atoms with Crippen LogP contribution >= 0.6 is 0 Å². The van der Waals surface area contributed by atoms with Gasteiger partial charge in [-0.05, 0) is 51.7 Å². The normalized spacial score (nSPS) is 18.7. The smallest absolute Gasteiger partial charge is 0.295 e. The molecule has 1 heterocycles. The van der Waals surface area contributed by atoms with Crippen molar-refractivity contribution in [3.05, 3.63) is 76.6 Å². The Bertz CT molecular complexity index is 934. The quantitative estimate of drug-likeness (QED) is 0.461. The summed E-state index contributed by atoms with van der Waals surface area (Å²) in [5, 5.41) is 10.9. The standard InChI is InChI=1S/C23H25FN2O3/c1-15-5-7-17(8-6-15)21(27)19-20(16-9-11-18(24)12-10-16)26(23(29)22(19)28)14-4-13-25(2)3/h5-12,20,27H,4,13-14H2,1-3H3/b21-19+/t20-/m0/s1. The highest BCUT2D eigenvalue weighted by Gasteiger charge is 2.45. The average Bonchev–Trinajstić information content (AvgIpc) is 2.93. The lowest BCUT2D eigenvalue weighted by molar-refractivity contribution is -0.139. The molecule has 1 aliphatic rings. The molecule has 29 heavy (non-hydrogen) atoms. The lowest BCUT2D eigenvalue weighted by Crippen LogP contribution is -2.32. The number of likely N-dealkylation sites (tertiary alicyclic amines) is 1. The number of ketones is 1. The highest BCUT2D eigenvalue weighted by molar-refractivity contribution is 6.46. The molecule has 0 unspecified atom stereocenters. The van der Waals surface area contributed by atoms with Crippen molar-refractivity contribution in [2.75, 3.05) is 27.2 Å². The lowest BCUT2D eigenvalue weighted by Gasteiger charge is -2.26. The summed E-state index contributed by atoms with van der Waals surface area (Å²) in [7, 11) is 3.87. The zero-order valence-electron chi connectivity index (χ0n) is 16.9. The van der Waals surface area contributed by atoms with E-state index in [0.29, 0.717) is 24.1 Å². The number of halogens is 1. The van der Waals surface area contributed by atoms with Crippen LogP contribution in [-0.2, 0) is 9.59 Å². The minimum Gasteiger partial charge on any atom is -0.507 e. The second-order valence-electron chi connectivity index (χ2n) is 7.57. The first-order chi connectivity index (χ1) is 13.8. The maximum Gasteiger partial charge on any atom is 0.295 e. The maximum atomic E-state index is 13.5. The Morgan fingerprint density at radius 3 is 2.28 bits per heavy atom. The van der Waals surface area contributed by atoms with Crippen molar-refractivity contribution < 1.29 is 19.1 Å². The topological polar surface area (TPSA) is 60.9 Å². The number of carbonyl (C=O) groups is 2. The predicted octanol–water partition coefficient (Wildman–Crippen LogP) is 3.51. The predicted molar refractivity (Wildman–Crippen MR) is 110 cm³/mol. The number of rotatable bonds is 6. The summed E-state index contributed by atoms with van der Waals surface area (Å²) in [6.45, 7) is 3.03. The van der Waals surface area contributed by atoms with Crippen molar-refractivity contribution >= 4 is 17.4 Å². The lowest BCUT2D eigenvalue weighted by atomic mass is 9.95. The van der Waals surface area contributed by atoms with Crippen molar-refractivity contribution in [3.8, 4) is 0 Å². The van der Waals surface area contributed by atoms with Crippen LogP contribution in [0.25, 0.3) is 5.76 Å². The van der Waals surface area contributed by atoms with Crippen molar-refractivity contribution in [2.24, 2.45) is 0 Å². The molecule has 1 amide bonds. The van der Waals surface area contributed by atoms with Gasteiger partial charge in [-0.15, -0.1) is 0 Å². The first-order valence-corrected chi connectivity index (χ1v) is 9.55. The minimum absolute atomic E-state index is 0.0373. The molecule has 152 valence electrons. The Morgan fingerprint density at radius 1 is 1.07 bits per heavy atom. The van der Waals surface area contributed by atoms with Gasteiger partial charge in [0.15, 0.2) is 0 Å². The molecule has 3 rings (SSSR count). The Morgan fingerprint density at radius 2 is 1.69 bits per heavy atom. The Kier molecular flexibility index (Phi) is 6.13. The molecule has 5 nitrogen and oxygen atoms in total. The fourth-order valence-corrected chi connectivity index (χ4v) is 3.53. The number of aryl methyl sites for hydroxylation is 1. The van der Waals surface area contributed by atoms with Crippen molar-refractivity contribution in [1.82, 2.24) is 9.80 Å². The largest absolute Gasteiger partial charge is 0.507 e. The van der Waals surface area contributed by atoms with Gasteiger partial charge in [0.1, 0.15) is 11.6 Å². The third kappa shape index (κ3) is 4.38. The molecule has 0 aliphatic carbocycles. The van der Waals surface area contributed by atoms with Gasteiger partial charge in [-0.2, -0.15) is 0 Å². The zero-order chi connectivity index (χ0) is 21.1. The van der Waals surface area contributed by atoms with E-state index in [1.807, 2.05) is 38.1 Å². The number of hydrogen-bond donors (Lipinski definition) is 1. The molecule has 1 fully saturated rings. The van der Waals surface area contributed by atoms with Gasteiger partial charge < -0.3 is 14.9 Å². The SMILES string of the molecule is Cc1ccc(/C(O)=C2\C(=O)C(=O)N(CCCN(C)C)[C@H]2c2ccc(F)cc2)cc1. The molecule has 2 aromatic rings. The van der Waals surface area contributed by atoms with E-state index in [0.717, 1.165) is 12.1 Å². The van der Waals surface area contributed by atoms with Crippen molar-refractivity contribution in [1.29, 1.82) is 0 Å². The number of nitrogens with zero attached hydrogens (tertiary/aromatic N) is 2. The molecule has 0 saturated carbocycles. The van der Waals surface area contributed by atoms with Gasteiger partial charge in [0, 0.05) is 12.1 Å². The van der Waals surface area contributed by atoms with Gasteiger partial charge in [0.2, 0.25) is 0 Å². The van der Waals surface area contributed by atoms with Gasteiger partial charge in [-0.25, -0.2) is 4.39 Å². The second kappa shape index (κ2) is 8.57. The van der Waals surface area contributed by atoms with Crippen LogP contribution in [0.1, 0.15) is 29.2 Å². The number of aliphatic hydroxyl groups is 1. The molecule has 2 aromatic carbocycles. The van der Waals surface area contributed by atoms with Crippen molar-refractivity contribution in [3.63, 3.8) is 0 Å². The van der Waals surface area contributed by atoms with Crippen LogP contribution in [0.5, 0.6) is 0 Å². The van der Waals surface area contributed by atoms with Gasteiger partial charge >= 0.3 is 0 Å². The van der Waals surface area contributed by atoms with E-state index in [2.05, 4.69) is 0 Å². The van der Waals surface area contributed by atoms with Crippen LogP contribution in [0, 0.1) is 12.7 Å². The number of aliphatic hydroxyl groups excluding tert-OH is 1. The molecule has 1 aliphatic heterocycles. The summed E-state index contributed by atoms with van der Waals surface area (Å²) in [5.41, 5.74) is 2.11. The second-order valence-corrected chi connectivity index (χ2v) is 7.57. The summed E-state index contributed by atoms with van der Waals surface area (Å²) >= 11 is 0. The van der Waals surface area contributed by atoms with Crippen molar-refractivity contribution in [2.45, 2.75) is 19.4 Å². The van der Waals surface area contributed by atoms with E-state index in [9.17, 15) is 19.1 Å². The Balaban J connectivity index is 2.07. The van der Waals surface area contributed by atoms with E-state index in [1.54, 1.807) is 24.3 Å². The molecule has 0 radical (unpaired) electrons. The summed E-state index contributed by atoms with van der Waals surface area (Å²) in [4.78, 5) is 29.1. The number of benzene rings is 2. The molecule has 0 bridgehead atoms. The van der Waals surface area contributed by atoms with E-state index in [-0.39, 0.29) is 11.3 Å². The van der Waals surface area contributed by atoms with Crippen LogP contribution < -0.4 is 0 Å². The van der Waals surface area contributed by atoms with Crippen LogP contribution in [0.3, 0.4) is 0 Å². The molecule has 1 saturated heterocycles. The van der Waals surface area contributed by atoms with Gasteiger partial charge in [-0.1, -0.05) is 42.0 Å². The summed E-state index contributed by atoms with van der Waals surface area (Å²) in [6.07, 6.45) is 0.669. The fraction of sp³-hybridized carbons (Fsp3) is 0.304. The van der Waals surface area contributed by atoms with E-state index < -0.39 is 23.5 Å². The molecule has 1 atom stereocenters. The van der Waals surface area contributed by atoms with Gasteiger partial charge in [0.25, 0.3) is 11.7 Å². The Labute approximate surface area is 170 Å². The molecular formula is C23H25FN2O3. The first kappa shape index (κ1) is 20.7. The van der Waals surface area contributed by atoms with Crippen LogP contribution in [0.4, 0.5) is 4.39 Å². The number of Topliss-reactive ketones (excluding diaryl/α,β-unsaturated/α-hetero) is 1. The van der Waals surface area contributed by atoms with Gasteiger partial charge in [-0.3, -0.25) is 9.59 Å². The molecule has 6 heteroatoms. The first-order valence-electron chi connectivity index (χ1n) is 9.55. The highest BCUT2D eigenvalue weighted by Crippen LogP contribution is 2.39. The van der Waals surface area contributed by atoms with Crippen LogP contribution in [0.2, 0.25) is 0 Å². The third-order valence-corrected chi connectivity index (χ3v) is 5.06. The highest BCUT2D eigenvalue weighted by atomic mass is 19.1. The van der Waals surface area contributed by atoms with Crippen LogP contribution in [-0.4, -0.2) is 53.8 Å². The van der Waals surface area contributed by atoms with Crippen LogP contribution in [0.15, 0.2) is 54.1 Å².